The molecule has 1 amide bonds. The van der Waals surface area contributed by atoms with Gasteiger partial charge < -0.3 is 16.4 Å². The Bertz CT molecular complexity index is 611. The summed E-state index contributed by atoms with van der Waals surface area (Å²) < 4.78 is 22.5. The first-order chi connectivity index (χ1) is 9.08. The van der Waals surface area contributed by atoms with E-state index in [0.717, 1.165) is 0 Å². The van der Waals surface area contributed by atoms with E-state index in [1.54, 1.807) is 27.0 Å². The second-order valence-corrected chi connectivity index (χ2v) is 6.64. The number of sulfonamides is 1. The third-order valence-corrected chi connectivity index (χ3v) is 3.88. The van der Waals surface area contributed by atoms with Crippen molar-refractivity contribution >= 4 is 27.3 Å². The van der Waals surface area contributed by atoms with Crippen molar-refractivity contribution in [2.24, 2.45) is 10.6 Å². The van der Waals surface area contributed by atoms with Crippen LogP contribution < -0.4 is 21.5 Å². The van der Waals surface area contributed by atoms with Crippen molar-refractivity contribution < 1.29 is 13.2 Å². The van der Waals surface area contributed by atoms with Gasteiger partial charge >= 0.3 is 0 Å². The lowest BCUT2D eigenvalue weighted by Gasteiger charge is -2.23. The Kier molecular flexibility index (Phi) is 4.61. The second kappa shape index (κ2) is 5.68. The Morgan fingerprint density at radius 2 is 1.95 bits per heavy atom. The van der Waals surface area contributed by atoms with E-state index in [-0.39, 0.29) is 16.5 Å². The first kappa shape index (κ1) is 16.3. The maximum absolute atomic E-state index is 11.6. The summed E-state index contributed by atoms with van der Waals surface area (Å²) >= 11 is 0. The molecule has 1 aromatic carbocycles. The molecule has 1 aromatic rings. The van der Waals surface area contributed by atoms with Gasteiger partial charge in [-0.25, -0.2) is 13.6 Å². The lowest BCUT2D eigenvalue weighted by atomic mass is 9.92. The standard InChI is InChI=1S/C12H20N4O3S/c1-12(2,11(17)15-3)7-16-8-4-5-10(9(13)6-8)20(14,18)19/h4-6,16H,7,13H2,1-3H3,(H,15,17)(H2,14,18,19). The molecule has 0 fully saturated rings. The van der Waals surface area contributed by atoms with E-state index in [1.807, 2.05) is 0 Å². The number of amides is 1. The highest BCUT2D eigenvalue weighted by Crippen LogP contribution is 2.23. The van der Waals surface area contributed by atoms with E-state index in [4.69, 9.17) is 10.9 Å². The van der Waals surface area contributed by atoms with Gasteiger partial charge in [0.1, 0.15) is 4.90 Å². The van der Waals surface area contributed by atoms with Crippen LogP contribution in [0.1, 0.15) is 13.8 Å². The Balaban J connectivity index is 2.86. The first-order valence-electron chi connectivity index (χ1n) is 5.96. The summed E-state index contributed by atoms with van der Waals surface area (Å²) in [6.45, 7) is 3.96. The molecule has 0 unspecified atom stereocenters. The molecular weight excluding hydrogens is 280 g/mol. The van der Waals surface area contributed by atoms with Gasteiger partial charge in [-0.3, -0.25) is 4.79 Å². The molecule has 8 heteroatoms. The third kappa shape index (κ3) is 3.84. The van der Waals surface area contributed by atoms with Crippen molar-refractivity contribution in [1.82, 2.24) is 5.32 Å². The zero-order valence-corrected chi connectivity index (χ0v) is 12.5. The number of primary sulfonamides is 1. The molecule has 1 rings (SSSR count). The summed E-state index contributed by atoms with van der Waals surface area (Å²) in [6.07, 6.45) is 0. The molecule has 0 aliphatic carbocycles. The first-order valence-corrected chi connectivity index (χ1v) is 7.51. The minimum Gasteiger partial charge on any atom is -0.398 e. The van der Waals surface area contributed by atoms with E-state index in [9.17, 15) is 13.2 Å². The summed E-state index contributed by atoms with van der Waals surface area (Å²) in [5.74, 6) is -0.0980. The largest absolute Gasteiger partial charge is 0.398 e. The number of nitrogens with two attached hydrogens (primary N) is 2. The third-order valence-electron chi connectivity index (χ3n) is 2.89. The maximum atomic E-state index is 11.6. The number of rotatable bonds is 5. The van der Waals surface area contributed by atoms with Crippen molar-refractivity contribution in [1.29, 1.82) is 0 Å². The molecule has 6 N–H and O–H groups in total. The van der Waals surface area contributed by atoms with Crippen LogP contribution >= 0.6 is 0 Å². The van der Waals surface area contributed by atoms with Crippen molar-refractivity contribution in [3.63, 3.8) is 0 Å². The molecule has 0 aromatic heterocycles. The smallest absolute Gasteiger partial charge is 0.240 e. The summed E-state index contributed by atoms with van der Waals surface area (Å²) in [4.78, 5) is 11.5. The van der Waals surface area contributed by atoms with Crippen LogP contribution in [0, 0.1) is 5.41 Å². The molecule has 20 heavy (non-hydrogen) atoms. The quantitative estimate of drug-likeness (QED) is 0.573. The highest BCUT2D eigenvalue weighted by Gasteiger charge is 2.26. The average Bonchev–Trinajstić information content (AvgIpc) is 2.34. The average molecular weight is 300 g/mol. The van der Waals surface area contributed by atoms with Gasteiger partial charge in [-0.15, -0.1) is 0 Å². The fourth-order valence-electron chi connectivity index (χ4n) is 1.66. The van der Waals surface area contributed by atoms with Crippen LogP contribution in [-0.2, 0) is 14.8 Å². The SMILES string of the molecule is CNC(=O)C(C)(C)CNc1ccc(S(N)(=O)=O)c(N)c1. The molecule has 0 radical (unpaired) electrons. The summed E-state index contributed by atoms with van der Waals surface area (Å²) in [5.41, 5.74) is 5.73. The van der Waals surface area contributed by atoms with E-state index in [2.05, 4.69) is 10.6 Å². The fraction of sp³-hybridized carbons (Fsp3) is 0.417. The van der Waals surface area contributed by atoms with Crippen molar-refractivity contribution in [3.05, 3.63) is 18.2 Å². The Morgan fingerprint density at radius 1 is 1.35 bits per heavy atom. The van der Waals surface area contributed by atoms with Gasteiger partial charge in [0.05, 0.1) is 11.1 Å². The number of carbonyl (C=O) groups is 1. The molecule has 0 bridgehead atoms. The normalized spacial score (nSPS) is 12.0. The molecule has 7 nitrogen and oxygen atoms in total. The Labute approximate surface area is 118 Å². The predicted octanol–water partition coefficient (Wildman–Crippen LogP) is 0.100. The maximum Gasteiger partial charge on any atom is 0.240 e. The number of benzene rings is 1. The van der Waals surface area contributed by atoms with Crippen LogP contribution in [0.15, 0.2) is 23.1 Å². The van der Waals surface area contributed by atoms with Crippen LogP contribution in [0.3, 0.4) is 0 Å². The lowest BCUT2D eigenvalue weighted by molar-refractivity contribution is -0.128. The summed E-state index contributed by atoms with van der Waals surface area (Å²) in [6, 6.07) is 4.36. The molecule has 112 valence electrons. The zero-order valence-electron chi connectivity index (χ0n) is 11.7. The van der Waals surface area contributed by atoms with Crippen molar-refractivity contribution in [2.45, 2.75) is 18.7 Å². The molecule has 0 spiro atoms. The number of hydrogen-bond acceptors (Lipinski definition) is 5. The number of anilines is 2. The van der Waals surface area contributed by atoms with Gasteiger partial charge in [-0.05, 0) is 32.0 Å². The van der Waals surface area contributed by atoms with Crippen LogP contribution in [0.5, 0.6) is 0 Å². The zero-order chi connectivity index (χ0) is 15.6. The van der Waals surface area contributed by atoms with E-state index < -0.39 is 15.4 Å². The van der Waals surface area contributed by atoms with Gasteiger partial charge in [0.15, 0.2) is 0 Å². The Morgan fingerprint density at radius 3 is 2.40 bits per heavy atom. The van der Waals surface area contributed by atoms with Gasteiger partial charge in [0, 0.05) is 19.3 Å². The number of nitrogen functional groups attached to an aromatic ring is 1. The van der Waals surface area contributed by atoms with E-state index in [0.29, 0.717) is 12.2 Å². The van der Waals surface area contributed by atoms with Gasteiger partial charge in [-0.1, -0.05) is 0 Å². The predicted molar refractivity (Wildman–Crippen MR) is 78.6 cm³/mol. The minimum absolute atomic E-state index is 0.0650. The van der Waals surface area contributed by atoms with Crippen molar-refractivity contribution in [2.75, 3.05) is 24.6 Å². The molecule has 0 heterocycles. The molecule has 0 saturated carbocycles. The molecule has 0 atom stereocenters. The van der Waals surface area contributed by atoms with Crippen LogP contribution in [0.2, 0.25) is 0 Å². The van der Waals surface area contributed by atoms with E-state index in [1.165, 1.54) is 12.1 Å². The summed E-state index contributed by atoms with van der Waals surface area (Å²) in [5, 5.41) is 10.7. The monoisotopic (exact) mass is 300 g/mol. The minimum atomic E-state index is -3.83. The number of hydrogen-bond donors (Lipinski definition) is 4. The fourth-order valence-corrected chi connectivity index (χ4v) is 2.30. The number of nitrogens with one attached hydrogen (secondary N) is 2. The topological polar surface area (TPSA) is 127 Å². The van der Waals surface area contributed by atoms with E-state index >= 15 is 0 Å². The lowest BCUT2D eigenvalue weighted by Crippen LogP contribution is -2.39. The Hall–Kier alpha value is -1.80. The second-order valence-electron chi connectivity index (χ2n) is 5.11. The van der Waals surface area contributed by atoms with Gasteiger partial charge in [0.2, 0.25) is 15.9 Å². The highest BCUT2D eigenvalue weighted by molar-refractivity contribution is 7.89. The summed E-state index contributed by atoms with van der Waals surface area (Å²) in [7, 11) is -2.26. The molecule has 0 aliphatic heterocycles. The van der Waals surface area contributed by atoms with Crippen LogP contribution in [-0.4, -0.2) is 27.9 Å². The van der Waals surface area contributed by atoms with Crippen LogP contribution in [0.4, 0.5) is 11.4 Å². The molecular formula is C12H20N4O3S. The number of carbonyl (C=O) groups excluding carboxylic acids is 1. The molecule has 0 aliphatic rings. The van der Waals surface area contributed by atoms with Gasteiger partial charge in [-0.2, -0.15) is 0 Å². The van der Waals surface area contributed by atoms with Gasteiger partial charge in [0.25, 0.3) is 0 Å². The highest BCUT2D eigenvalue weighted by atomic mass is 32.2. The van der Waals surface area contributed by atoms with Crippen LogP contribution in [0.25, 0.3) is 0 Å². The van der Waals surface area contributed by atoms with Crippen molar-refractivity contribution in [3.8, 4) is 0 Å². The molecule has 0 saturated heterocycles.